The van der Waals surface area contributed by atoms with Crippen LogP contribution in [0.3, 0.4) is 0 Å². The fraction of sp³-hybridized carbons (Fsp3) is 0.389. The zero-order chi connectivity index (χ0) is 19.3. The number of hydrogen-bond donors (Lipinski definition) is 2. The van der Waals surface area contributed by atoms with Crippen LogP contribution in [0, 0.1) is 0 Å². The number of hydrogen-bond acceptors (Lipinski definition) is 6. The van der Waals surface area contributed by atoms with E-state index in [1.807, 2.05) is 23.1 Å². The van der Waals surface area contributed by atoms with Crippen molar-refractivity contribution in [2.45, 2.75) is 23.1 Å². The molecule has 0 atom stereocenters. The molecule has 2 heterocycles. The van der Waals surface area contributed by atoms with Gasteiger partial charge < -0.3 is 10.1 Å². The van der Waals surface area contributed by atoms with Crippen molar-refractivity contribution in [2.75, 3.05) is 32.1 Å². The summed E-state index contributed by atoms with van der Waals surface area (Å²) in [7, 11) is -1.86. The number of carbonyl (C=O) groups excluding carboxylic acids is 1. The predicted molar refractivity (Wildman–Crippen MR) is 106 cm³/mol. The molecule has 3 rings (SSSR count). The first-order valence-corrected chi connectivity index (χ1v) is 11.0. The second-order valence-corrected chi connectivity index (χ2v) is 9.27. The standard InChI is InChI=1S/C18H23N3O4S2/c1-25-16-5-2-4-15(12-16)19-17(22)13-21-9-7-14(8-10-21)20-27(23,24)18-6-3-11-26-18/h2-6,11-12,14,20H,7-10,13H2,1H3,(H,19,22). The molecule has 7 nitrogen and oxygen atoms in total. The molecule has 146 valence electrons. The molecule has 1 aromatic carbocycles. The summed E-state index contributed by atoms with van der Waals surface area (Å²) in [6.07, 6.45) is 1.36. The average molecular weight is 410 g/mol. The minimum Gasteiger partial charge on any atom is -0.497 e. The Hall–Kier alpha value is -1.94. The van der Waals surface area contributed by atoms with Gasteiger partial charge in [0.05, 0.1) is 13.7 Å². The van der Waals surface area contributed by atoms with E-state index < -0.39 is 10.0 Å². The van der Waals surface area contributed by atoms with Crippen LogP contribution in [0.4, 0.5) is 5.69 Å². The van der Waals surface area contributed by atoms with Gasteiger partial charge in [0.25, 0.3) is 0 Å². The highest BCUT2D eigenvalue weighted by Crippen LogP contribution is 2.19. The highest BCUT2D eigenvalue weighted by molar-refractivity contribution is 7.91. The maximum atomic E-state index is 12.3. The fourth-order valence-corrected chi connectivity index (χ4v) is 5.32. The summed E-state index contributed by atoms with van der Waals surface area (Å²) in [5.74, 6) is 0.590. The monoisotopic (exact) mass is 409 g/mol. The zero-order valence-corrected chi connectivity index (χ0v) is 16.7. The van der Waals surface area contributed by atoms with Crippen LogP contribution in [0.5, 0.6) is 5.75 Å². The van der Waals surface area contributed by atoms with Crippen LogP contribution < -0.4 is 14.8 Å². The molecule has 1 fully saturated rings. The summed E-state index contributed by atoms with van der Waals surface area (Å²) in [4.78, 5) is 14.3. The first-order chi connectivity index (χ1) is 13.0. The van der Waals surface area contributed by atoms with Crippen molar-refractivity contribution in [3.05, 3.63) is 41.8 Å². The van der Waals surface area contributed by atoms with Gasteiger partial charge in [-0.2, -0.15) is 0 Å². The number of anilines is 1. The van der Waals surface area contributed by atoms with Crippen LogP contribution in [-0.2, 0) is 14.8 Å². The lowest BCUT2D eigenvalue weighted by molar-refractivity contribution is -0.117. The van der Waals surface area contributed by atoms with E-state index >= 15 is 0 Å². The number of methoxy groups -OCH3 is 1. The number of carbonyl (C=O) groups is 1. The Kier molecular flexibility index (Phi) is 6.48. The van der Waals surface area contributed by atoms with Crippen molar-refractivity contribution >= 4 is 33.0 Å². The third kappa shape index (κ3) is 5.52. The van der Waals surface area contributed by atoms with Crippen molar-refractivity contribution < 1.29 is 17.9 Å². The maximum absolute atomic E-state index is 12.3. The van der Waals surface area contributed by atoms with E-state index in [1.165, 1.54) is 11.3 Å². The SMILES string of the molecule is COc1cccc(NC(=O)CN2CCC(NS(=O)(=O)c3cccs3)CC2)c1. The van der Waals surface area contributed by atoms with E-state index in [1.54, 1.807) is 30.7 Å². The molecule has 2 aromatic rings. The molecule has 0 saturated carbocycles. The average Bonchev–Trinajstić information content (AvgIpc) is 3.19. The normalized spacial score (nSPS) is 16.2. The first kappa shape index (κ1) is 19.8. The maximum Gasteiger partial charge on any atom is 0.250 e. The molecular formula is C18H23N3O4S2. The van der Waals surface area contributed by atoms with Crippen molar-refractivity contribution in [1.29, 1.82) is 0 Å². The molecule has 27 heavy (non-hydrogen) atoms. The van der Waals surface area contributed by atoms with Gasteiger partial charge in [0, 0.05) is 30.9 Å². The number of likely N-dealkylation sites (tertiary alicyclic amines) is 1. The zero-order valence-electron chi connectivity index (χ0n) is 15.1. The Morgan fingerprint density at radius 1 is 1.26 bits per heavy atom. The van der Waals surface area contributed by atoms with Crippen molar-refractivity contribution in [3.63, 3.8) is 0 Å². The molecule has 1 saturated heterocycles. The lowest BCUT2D eigenvalue weighted by Gasteiger charge is -2.31. The van der Waals surface area contributed by atoms with Gasteiger partial charge in [-0.15, -0.1) is 11.3 Å². The number of nitrogens with one attached hydrogen (secondary N) is 2. The summed E-state index contributed by atoms with van der Waals surface area (Å²) >= 11 is 1.21. The van der Waals surface area contributed by atoms with Gasteiger partial charge in [0.1, 0.15) is 9.96 Å². The number of nitrogens with zero attached hydrogens (tertiary/aromatic N) is 1. The van der Waals surface area contributed by atoms with Crippen molar-refractivity contribution in [3.8, 4) is 5.75 Å². The van der Waals surface area contributed by atoms with Gasteiger partial charge in [-0.3, -0.25) is 9.69 Å². The molecular weight excluding hydrogens is 386 g/mol. The summed E-state index contributed by atoms with van der Waals surface area (Å²) in [5.41, 5.74) is 0.693. The van der Waals surface area contributed by atoms with Gasteiger partial charge >= 0.3 is 0 Å². The molecule has 9 heteroatoms. The number of benzene rings is 1. The Balaban J connectivity index is 1.46. The minimum absolute atomic E-state index is 0.0964. The smallest absolute Gasteiger partial charge is 0.250 e. The predicted octanol–water partition coefficient (Wildman–Crippen LogP) is 2.14. The molecule has 1 aromatic heterocycles. The van der Waals surface area contributed by atoms with Crippen LogP contribution >= 0.6 is 11.3 Å². The van der Waals surface area contributed by atoms with Gasteiger partial charge in [-0.05, 0) is 36.4 Å². The molecule has 0 spiro atoms. The van der Waals surface area contributed by atoms with Gasteiger partial charge in [0.15, 0.2) is 0 Å². The fourth-order valence-electron chi connectivity index (χ4n) is 3.01. The molecule has 0 unspecified atom stereocenters. The van der Waals surface area contributed by atoms with Crippen molar-refractivity contribution in [2.24, 2.45) is 0 Å². The van der Waals surface area contributed by atoms with Crippen LogP contribution in [0.15, 0.2) is 46.0 Å². The third-order valence-electron chi connectivity index (χ3n) is 4.39. The summed E-state index contributed by atoms with van der Waals surface area (Å²) in [6.45, 7) is 1.62. The largest absolute Gasteiger partial charge is 0.497 e. The van der Waals surface area contributed by atoms with E-state index in [9.17, 15) is 13.2 Å². The van der Waals surface area contributed by atoms with Gasteiger partial charge in [0.2, 0.25) is 15.9 Å². The second kappa shape index (κ2) is 8.83. The molecule has 0 aliphatic carbocycles. The Bertz CT molecular complexity index is 860. The highest BCUT2D eigenvalue weighted by Gasteiger charge is 2.25. The van der Waals surface area contributed by atoms with E-state index in [0.29, 0.717) is 41.6 Å². The number of thiophene rings is 1. The van der Waals surface area contributed by atoms with Crippen LogP contribution in [0.2, 0.25) is 0 Å². The Morgan fingerprint density at radius 3 is 2.70 bits per heavy atom. The van der Waals surface area contributed by atoms with E-state index in [-0.39, 0.29) is 18.5 Å². The van der Waals surface area contributed by atoms with E-state index in [2.05, 4.69) is 10.0 Å². The van der Waals surface area contributed by atoms with Crippen LogP contribution in [-0.4, -0.2) is 52.0 Å². The van der Waals surface area contributed by atoms with Crippen LogP contribution in [0.25, 0.3) is 0 Å². The highest BCUT2D eigenvalue weighted by atomic mass is 32.2. The number of sulfonamides is 1. The molecule has 1 amide bonds. The number of rotatable bonds is 7. The Morgan fingerprint density at radius 2 is 2.04 bits per heavy atom. The molecule has 1 aliphatic heterocycles. The molecule has 1 aliphatic rings. The first-order valence-electron chi connectivity index (χ1n) is 8.68. The van der Waals surface area contributed by atoms with Crippen LogP contribution in [0.1, 0.15) is 12.8 Å². The summed E-state index contributed by atoms with van der Waals surface area (Å²) in [5, 5.41) is 4.61. The molecule has 0 bridgehead atoms. The van der Waals surface area contributed by atoms with Gasteiger partial charge in [-0.25, -0.2) is 13.1 Å². The number of ether oxygens (including phenoxy) is 1. The second-order valence-electron chi connectivity index (χ2n) is 6.38. The number of piperidine rings is 1. The Labute approximate surface area is 163 Å². The minimum atomic E-state index is -3.45. The van der Waals surface area contributed by atoms with Crippen molar-refractivity contribution in [1.82, 2.24) is 9.62 Å². The number of amides is 1. The quantitative estimate of drug-likeness (QED) is 0.732. The molecule has 0 radical (unpaired) electrons. The summed E-state index contributed by atoms with van der Waals surface area (Å²) < 4.78 is 32.8. The third-order valence-corrected chi connectivity index (χ3v) is 7.31. The van der Waals surface area contributed by atoms with E-state index in [4.69, 9.17) is 4.74 Å². The van der Waals surface area contributed by atoms with Gasteiger partial charge in [-0.1, -0.05) is 12.1 Å². The summed E-state index contributed by atoms with van der Waals surface area (Å²) in [6, 6.07) is 10.4. The van der Waals surface area contributed by atoms with E-state index in [0.717, 1.165) is 0 Å². The lowest BCUT2D eigenvalue weighted by atomic mass is 10.1. The topological polar surface area (TPSA) is 87.7 Å². The lowest BCUT2D eigenvalue weighted by Crippen LogP contribution is -2.46. The molecule has 2 N–H and O–H groups in total.